The fraction of sp³-hybridized carbons (Fsp3) is 0.500. The Morgan fingerprint density at radius 2 is 1.41 bits per heavy atom. The van der Waals surface area contributed by atoms with E-state index in [9.17, 15) is 14.4 Å². The maximum absolute atomic E-state index is 10.1. The molecule has 0 amide bonds. The molecular weight excluding hydrogens is 230 g/mol. The number of aliphatic carboxylic acids is 3. The van der Waals surface area contributed by atoms with E-state index >= 15 is 0 Å². The van der Waals surface area contributed by atoms with Crippen LogP contribution in [0.2, 0.25) is 0 Å². The van der Waals surface area contributed by atoms with Crippen molar-refractivity contribution in [3.63, 3.8) is 0 Å². The second kappa shape index (κ2) is 9.34. The number of carboxylic acid groups (broad SMARTS) is 3. The lowest BCUT2D eigenvalue weighted by molar-refractivity contribution is -0.139. The standard InChI is InChI=1S/C6H13NO2.C4H4O4/c1-4(2)3-5(7)6(8)9;5-3(6)1-2-4(7)8/h4-5H,3,7H2,1-2H3,(H,8,9);1-2H,(H,5,6)(H,7,8)/b;2-1-/t5-;/m0./s1. The van der Waals surface area contributed by atoms with Crippen LogP contribution in [-0.2, 0) is 14.4 Å². The van der Waals surface area contributed by atoms with Gasteiger partial charge in [-0.25, -0.2) is 9.59 Å². The molecule has 0 aromatic heterocycles. The molecule has 7 heteroatoms. The zero-order valence-electron chi connectivity index (χ0n) is 9.66. The van der Waals surface area contributed by atoms with Gasteiger partial charge in [-0.3, -0.25) is 4.79 Å². The summed E-state index contributed by atoms with van der Waals surface area (Å²) in [6, 6.07) is -0.690. The van der Waals surface area contributed by atoms with E-state index < -0.39 is 23.9 Å². The maximum Gasteiger partial charge on any atom is 0.328 e. The number of rotatable bonds is 5. The molecule has 0 aromatic carbocycles. The molecule has 0 aliphatic carbocycles. The second-order valence-electron chi connectivity index (χ2n) is 3.58. The molecule has 0 saturated carbocycles. The Morgan fingerprint density at radius 3 is 1.53 bits per heavy atom. The summed E-state index contributed by atoms with van der Waals surface area (Å²) >= 11 is 0. The summed E-state index contributed by atoms with van der Waals surface area (Å²) in [5.74, 6) is -3.07. The Kier molecular flexibility index (Phi) is 9.62. The summed E-state index contributed by atoms with van der Waals surface area (Å²) in [5.41, 5.74) is 5.22. The molecule has 0 heterocycles. The van der Waals surface area contributed by atoms with Crippen molar-refractivity contribution in [2.75, 3.05) is 0 Å². The minimum Gasteiger partial charge on any atom is -0.480 e. The molecule has 1 atom stereocenters. The van der Waals surface area contributed by atoms with Crippen LogP contribution >= 0.6 is 0 Å². The van der Waals surface area contributed by atoms with Gasteiger partial charge >= 0.3 is 17.9 Å². The Bertz CT molecular complexity index is 281. The molecule has 0 aromatic rings. The third kappa shape index (κ3) is 16.8. The van der Waals surface area contributed by atoms with Crippen LogP contribution in [-0.4, -0.2) is 39.3 Å². The molecule has 0 spiro atoms. The highest BCUT2D eigenvalue weighted by molar-refractivity contribution is 5.89. The quantitative estimate of drug-likeness (QED) is 0.507. The molecule has 17 heavy (non-hydrogen) atoms. The van der Waals surface area contributed by atoms with E-state index in [1.807, 2.05) is 13.8 Å². The smallest absolute Gasteiger partial charge is 0.328 e. The van der Waals surface area contributed by atoms with Gasteiger partial charge in [0.05, 0.1) is 0 Å². The van der Waals surface area contributed by atoms with Gasteiger partial charge < -0.3 is 21.1 Å². The van der Waals surface area contributed by atoms with Gasteiger partial charge in [-0.2, -0.15) is 0 Å². The number of carbonyl (C=O) groups is 3. The first-order valence-electron chi connectivity index (χ1n) is 4.79. The van der Waals surface area contributed by atoms with Crippen molar-refractivity contribution in [2.24, 2.45) is 11.7 Å². The molecule has 7 nitrogen and oxygen atoms in total. The zero-order valence-corrected chi connectivity index (χ0v) is 9.66. The van der Waals surface area contributed by atoms with Crippen molar-refractivity contribution < 1.29 is 29.7 Å². The van der Waals surface area contributed by atoms with Crippen molar-refractivity contribution in [3.05, 3.63) is 12.2 Å². The van der Waals surface area contributed by atoms with Gasteiger partial charge in [-0.15, -0.1) is 0 Å². The monoisotopic (exact) mass is 247 g/mol. The van der Waals surface area contributed by atoms with Crippen molar-refractivity contribution >= 4 is 17.9 Å². The molecule has 98 valence electrons. The summed E-state index contributed by atoms with van der Waals surface area (Å²) in [6.45, 7) is 3.89. The molecule has 5 N–H and O–H groups in total. The third-order valence-corrected chi connectivity index (χ3v) is 1.41. The first-order chi connectivity index (χ1) is 7.66. The van der Waals surface area contributed by atoms with Gasteiger partial charge in [-0.1, -0.05) is 13.8 Å². The Labute approximate surface area is 98.5 Å². The highest BCUT2D eigenvalue weighted by Crippen LogP contribution is 2.01. The van der Waals surface area contributed by atoms with Gasteiger partial charge in [0.1, 0.15) is 6.04 Å². The van der Waals surface area contributed by atoms with Gasteiger partial charge in [-0.05, 0) is 12.3 Å². The van der Waals surface area contributed by atoms with E-state index in [-0.39, 0.29) is 0 Å². The molecular formula is C10H17NO6. The van der Waals surface area contributed by atoms with E-state index in [0.29, 0.717) is 24.5 Å². The van der Waals surface area contributed by atoms with E-state index in [4.69, 9.17) is 21.1 Å². The first-order valence-corrected chi connectivity index (χ1v) is 4.79. The predicted octanol–water partition coefficient (Wildman–Crippen LogP) is 0.156. The van der Waals surface area contributed by atoms with E-state index in [1.165, 1.54) is 0 Å². The molecule has 0 aliphatic heterocycles. The molecule has 0 unspecified atom stereocenters. The number of hydrogen-bond donors (Lipinski definition) is 4. The van der Waals surface area contributed by atoms with Crippen LogP contribution in [0.3, 0.4) is 0 Å². The van der Waals surface area contributed by atoms with Gasteiger partial charge in [0, 0.05) is 12.2 Å². The SMILES string of the molecule is CC(C)C[C@H](N)C(=O)O.O=C(O)/C=C\C(=O)O. The zero-order chi connectivity index (χ0) is 14.0. The van der Waals surface area contributed by atoms with Gasteiger partial charge in [0.15, 0.2) is 0 Å². The third-order valence-electron chi connectivity index (χ3n) is 1.41. The topological polar surface area (TPSA) is 138 Å². The minimum absolute atomic E-state index is 0.357. The van der Waals surface area contributed by atoms with Crippen LogP contribution in [0, 0.1) is 5.92 Å². The van der Waals surface area contributed by atoms with Crippen molar-refractivity contribution in [3.8, 4) is 0 Å². The average Bonchev–Trinajstić information content (AvgIpc) is 2.14. The van der Waals surface area contributed by atoms with Crippen LogP contribution in [0.1, 0.15) is 20.3 Å². The molecule has 0 saturated heterocycles. The molecule has 0 rings (SSSR count). The molecule has 0 fully saturated rings. The lowest BCUT2D eigenvalue weighted by Gasteiger charge is -2.07. The summed E-state index contributed by atoms with van der Waals surface area (Å²) in [5, 5.41) is 23.9. The van der Waals surface area contributed by atoms with E-state index in [2.05, 4.69) is 0 Å². The Balaban J connectivity index is 0. The minimum atomic E-state index is -1.26. The van der Waals surface area contributed by atoms with Crippen molar-refractivity contribution in [1.82, 2.24) is 0 Å². The Morgan fingerprint density at radius 1 is 1.06 bits per heavy atom. The summed E-state index contributed by atoms with van der Waals surface area (Å²) in [6.07, 6.45) is 1.67. The Hall–Kier alpha value is -1.89. The van der Waals surface area contributed by atoms with Crippen molar-refractivity contribution in [2.45, 2.75) is 26.3 Å². The van der Waals surface area contributed by atoms with E-state index in [1.54, 1.807) is 0 Å². The molecule has 0 aliphatic rings. The normalized spacial score (nSPS) is 11.8. The van der Waals surface area contributed by atoms with Crippen LogP contribution < -0.4 is 5.73 Å². The second-order valence-corrected chi connectivity index (χ2v) is 3.58. The number of hydrogen-bond acceptors (Lipinski definition) is 4. The summed E-state index contributed by atoms with van der Waals surface area (Å²) < 4.78 is 0. The van der Waals surface area contributed by atoms with Crippen LogP contribution in [0.4, 0.5) is 0 Å². The fourth-order valence-electron chi connectivity index (χ4n) is 0.751. The largest absolute Gasteiger partial charge is 0.480 e. The van der Waals surface area contributed by atoms with Gasteiger partial charge in [0.2, 0.25) is 0 Å². The predicted molar refractivity (Wildman–Crippen MR) is 59.5 cm³/mol. The van der Waals surface area contributed by atoms with Crippen LogP contribution in [0.25, 0.3) is 0 Å². The first kappa shape index (κ1) is 17.5. The van der Waals surface area contributed by atoms with Crippen molar-refractivity contribution in [1.29, 1.82) is 0 Å². The number of nitrogens with two attached hydrogens (primary N) is 1. The highest BCUT2D eigenvalue weighted by Gasteiger charge is 2.11. The summed E-state index contributed by atoms with van der Waals surface area (Å²) in [7, 11) is 0. The highest BCUT2D eigenvalue weighted by atomic mass is 16.4. The summed E-state index contributed by atoms with van der Waals surface area (Å²) in [4.78, 5) is 29.2. The average molecular weight is 247 g/mol. The lowest BCUT2D eigenvalue weighted by Crippen LogP contribution is -2.31. The fourth-order valence-corrected chi connectivity index (χ4v) is 0.751. The van der Waals surface area contributed by atoms with Gasteiger partial charge in [0.25, 0.3) is 0 Å². The number of carboxylic acids is 3. The van der Waals surface area contributed by atoms with Crippen LogP contribution in [0.15, 0.2) is 12.2 Å². The van der Waals surface area contributed by atoms with E-state index in [0.717, 1.165) is 0 Å². The lowest BCUT2D eigenvalue weighted by atomic mass is 10.1. The maximum atomic E-state index is 10.1. The molecule has 0 bridgehead atoms. The molecule has 0 radical (unpaired) electrons. The van der Waals surface area contributed by atoms with Crippen LogP contribution in [0.5, 0.6) is 0 Å².